The smallest absolute Gasteiger partial charge is 0.222 e. The van der Waals surface area contributed by atoms with E-state index >= 15 is 0 Å². The molecule has 1 amide bonds. The van der Waals surface area contributed by atoms with E-state index < -0.39 is 0 Å². The molecule has 106 valence electrons. The number of rotatable bonds is 9. The van der Waals surface area contributed by atoms with Crippen molar-refractivity contribution in [3.05, 3.63) is 0 Å². The molecule has 0 saturated carbocycles. The Kier molecular flexibility index (Phi) is 8.06. The highest BCUT2D eigenvalue weighted by Crippen LogP contribution is 2.15. The topological polar surface area (TPSA) is 32.3 Å². The second-order valence-corrected chi connectivity index (χ2v) is 5.49. The third-order valence-electron chi connectivity index (χ3n) is 3.84. The first-order chi connectivity index (χ1) is 8.77. The molecule has 0 spiro atoms. The highest BCUT2D eigenvalue weighted by Gasteiger charge is 2.18. The molecule has 0 aromatic carbocycles. The molecule has 1 heterocycles. The first kappa shape index (κ1) is 15.5. The van der Waals surface area contributed by atoms with Crippen molar-refractivity contribution in [1.29, 1.82) is 0 Å². The maximum atomic E-state index is 12.2. The van der Waals surface area contributed by atoms with Crippen LogP contribution in [0.3, 0.4) is 0 Å². The molecule has 3 nitrogen and oxygen atoms in total. The SMILES string of the molecule is CCCCN(CCCC)C(=O)CCC1CCNC1. The highest BCUT2D eigenvalue weighted by atomic mass is 16.2. The third-order valence-corrected chi connectivity index (χ3v) is 3.84. The third kappa shape index (κ3) is 5.85. The van der Waals surface area contributed by atoms with Gasteiger partial charge in [-0.25, -0.2) is 0 Å². The molecule has 0 radical (unpaired) electrons. The van der Waals surface area contributed by atoms with Crippen molar-refractivity contribution in [3.63, 3.8) is 0 Å². The molecular formula is C15H30N2O. The van der Waals surface area contributed by atoms with Gasteiger partial charge in [0.05, 0.1) is 0 Å². The van der Waals surface area contributed by atoms with Crippen molar-refractivity contribution < 1.29 is 4.79 Å². The van der Waals surface area contributed by atoms with Crippen molar-refractivity contribution in [2.24, 2.45) is 5.92 Å². The van der Waals surface area contributed by atoms with Crippen LogP contribution in [0.2, 0.25) is 0 Å². The number of unbranched alkanes of at least 4 members (excludes halogenated alkanes) is 2. The molecule has 0 aromatic heterocycles. The largest absolute Gasteiger partial charge is 0.343 e. The zero-order valence-electron chi connectivity index (χ0n) is 12.2. The second kappa shape index (κ2) is 9.37. The maximum absolute atomic E-state index is 12.2. The number of hydrogen-bond donors (Lipinski definition) is 1. The Balaban J connectivity index is 2.27. The van der Waals surface area contributed by atoms with Gasteiger partial charge in [0.2, 0.25) is 5.91 Å². The summed E-state index contributed by atoms with van der Waals surface area (Å²) in [4.78, 5) is 14.3. The fourth-order valence-corrected chi connectivity index (χ4v) is 2.51. The molecule has 0 aliphatic carbocycles. The molecule has 0 aromatic rings. The predicted octanol–water partition coefficient (Wildman–Crippen LogP) is 2.80. The van der Waals surface area contributed by atoms with Crippen LogP contribution in [0.25, 0.3) is 0 Å². The molecule has 18 heavy (non-hydrogen) atoms. The molecule has 1 rings (SSSR count). The second-order valence-electron chi connectivity index (χ2n) is 5.49. The van der Waals surface area contributed by atoms with Crippen molar-refractivity contribution in [2.75, 3.05) is 26.2 Å². The standard InChI is InChI=1S/C15H30N2O/c1-3-5-11-17(12-6-4-2)15(18)8-7-14-9-10-16-13-14/h14,16H,3-13H2,1-2H3. The van der Waals surface area contributed by atoms with Gasteiger partial charge in [-0.05, 0) is 44.7 Å². The lowest BCUT2D eigenvalue weighted by Gasteiger charge is -2.23. The van der Waals surface area contributed by atoms with Crippen LogP contribution < -0.4 is 5.32 Å². The van der Waals surface area contributed by atoms with Gasteiger partial charge in [-0.3, -0.25) is 4.79 Å². The van der Waals surface area contributed by atoms with E-state index in [9.17, 15) is 4.79 Å². The molecule has 3 heteroatoms. The molecular weight excluding hydrogens is 224 g/mol. The molecule has 1 fully saturated rings. The van der Waals surface area contributed by atoms with Gasteiger partial charge in [-0.1, -0.05) is 26.7 Å². The maximum Gasteiger partial charge on any atom is 0.222 e. The van der Waals surface area contributed by atoms with Crippen molar-refractivity contribution >= 4 is 5.91 Å². The predicted molar refractivity (Wildman–Crippen MR) is 76.6 cm³/mol. The number of hydrogen-bond acceptors (Lipinski definition) is 2. The number of nitrogens with one attached hydrogen (secondary N) is 1. The lowest BCUT2D eigenvalue weighted by molar-refractivity contribution is -0.131. The monoisotopic (exact) mass is 254 g/mol. The van der Waals surface area contributed by atoms with Gasteiger partial charge in [0, 0.05) is 19.5 Å². The number of carbonyl (C=O) groups is 1. The van der Waals surface area contributed by atoms with E-state index in [4.69, 9.17) is 0 Å². The van der Waals surface area contributed by atoms with Crippen LogP contribution in [-0.4, -0.2) is 37.0 Å². The molecule has 1 unspecified atom stereocenters. The lowest BCUT2D eigenvalue weighted by Crippen LogP contribution is -2.33. The lowest BCUT2D eigenvalue weighted by atomic mass is 10.0. The minimum atomic E-state index is 0.379. The van der Waals surface area contributed by atoms with Gasteiger partial charge in [0.1, 0.15) is 0 Å². The van der Waals surface area contributed by atoms with Crippen LogP contribution in [0, 0.1) is 5.92 Å². The van der Waals surface area contributed by atoms with Crippen LogP contribution in [0.15, 0.2) is 0 Å². The minimum Gasteiger partial charge on any atom is -0.343 e. The zero-order valence-corrected chi connectivity index (χ0v) is 12.2. The molecule has 1 atom stereocenters. The van der Waals surface area contributed by atoms with Crippen molar-refractivity contribution in [2.45, 2.75) is 58.8 Å². The normalized spacial score (nSPS) is 19.1. The average molecular weight is 254 g/mol. The first-order valence-electron chi connectivity index (χ1n) is 7.76. The van der Waals surface area contributed by atoms with Crippen LogP contribution in [0.5, 0.6) is 0 Å². The van der Waals surface area contributed by atoms with Gasteiger partial charge in [-0.2, -0.15) is 0 Å². The summed E-state index contributed by atoms with van der Waals surface area (Å²) in [7, 11) is 0. The van der Waals surface area contributed by atoms with E-state index in [2.05, 4.69) is 24.1 Å². The fourth-order valence-electron chi connectivity index (χ4n) is 2.51. The van der Waals surface area contributed by atoms with Gasteiger partial charge < -0.3 is 10.2 Å². The molecule has 0 bridgehead atoms. The van der Waals surface area contributed by atoms with E-state index in [-0.39, 0.29) is 0 Å². The Morgan fingerprint density at radius 2 is 1.89 bits per heavy atom. The molecule has 1 aliphatic rings. The van der Waals surface area contributed by atoms with E-state index in [1.165, 1.54) is 19.3 Å². The number of carbonyl (C=O) groups excluding carboxylic acids is 1. The summed E-state index contributed by atoms with van der Waals surface area (Å²) in [5.41, 5.74) is 0. The van der Waals surface area contributed by atoms with Gasteiger partial charge in [-0.15, -0.1) is 0 Å². The summed E-state index contributed by atoms with van der Waals surface area (Å²) in [6.45, 7) is 8.53. The van der Waals surface area contributed by atoms with Gasteiger partial charge in [0.25, 0.3) is 0 Å². The summed E-state index contributed by atoms with van der Waals surface area (Å²) < 4.78 is 0. The molecule has 1 saturated heterocycles. The Morgan fingerprint density at radius 1 is 1.22 bits per heavy atom. The Hall–Kier alpha value is -0.570. The van der Waals surface area contributed by atoms with Crippen LogP contribution >= 0.6 is 0 Å². The van der Waals surface area contributed by atoms with Gasteiger partial charge in [0.15, 0.2) is 0 Å². The average Bonchev–Trinajstić information content (AvgIpc) is 2.89. The minimum absolute atomic E-state index is 0.379. The first-order valence-corrected chi connectivity index (χ1v) is 7.76. The van der Waals surface area contributed by atoms with E-state index in [1.807, 2.05) is 0 Å². The Morgan fingerprint density at radius 3 is 2.39 bits per heavy atom. The Labute approximate surface area is 112 Å². The summed E-state index contributed by atoms with van der Waals surface area (Å²) >= 11 is 0. The molecule has 1 N–H and O–H groups in total. The van der Waals surface area contributed by atoms with Crippen LogP contribution in [0.1, 0.15) is 58.8 Å². The number of nitrogens with zero attached hydrogens (tertiary/aromatic N) is 1. The zero-order chi connectivity index (χ0) is 13.2. The van der Waals surface area contributed by atoms with Crippen molar-refractivity contribution in [1.82, 2.24) is 10.2 Å². The quantitative estimate of drug-likeness (QED) is 0.686. The molecule has 1 aliphatic heterocycles. The summed E-state index contributed by atoms with van der Waals surface area (Å²) in [5, 5.41) is 3.37. The van der Waals surface area contributed by atoms with E-state index in [1.54, 1.807) is 0 Å². The summed E-state index contributed by atoms with van der Waals surface area (Å²) in [6.07, 6.45) is 7.68. The van der Waals surface area contributed by atoms with E-state index in [0.717, 1.165) is 57.8 Å². The van der Waals surface area contributed by atoms with Crippen LogP contribution in [0.4, 0.5) is 0 Å². The van der Waals surface area contributed by atoms with Crippen molar-refractivity contribution in [3.8, 4) is 0 Å². The summed E-state index contributed by atoms with van der Waals surface area (Å²) in [6, 6.07) is 0. The fraction of sp³-hybridized carbons (Fsp3) is 0.933. The van der Waals surface area contributed by atoms with Crippen LogP contribution in [-0.2, 0) is 4.79 Å². The Bertz CT molecular complexity index is 217. The summed E-state index contributed by atoms with van der Waals surface area (Å²) in [5.74, 6) is 1.11. The van der Waals surface area contributed by atoms with Gasteiger partial charge >= 0.3 is 0 Å². The highest BCUT2D eigenvalue weighted by molar-refractivity contribution is 5.76. The van der Waals surface area contributed by atoms with E-state index in [0.29, 0.717) is 5.91 Å². The number of amides is 1.